The van der Waals surface area contributed by atoms with E-state index in [1.807, 2.05) is 37.3 Å². The third-order valence-corrected chi connectivity index (χ3v) is 4.06. The number of nitrogens with zero attached hydrogens (tertiary/aromatic N) is 2. The van der Waals surface area contributed by atoms with Gasteiger partial charge in [0.15, 0.2) is 12.7 Å². The van der Waals surface area contributed by atoms with Crippen LogP contribution < -0.4 is 4.74 Å². The van der Waals surface area contributed by atoms with Gasteiger partial charge >= 0.3 is 5.97 Å². The van der Waals surface area contributed by atoms with Gasteiger partial charge in [-0.25, -0.2) is 4.79 Å². The van der Waals surface area contributed by atoms with Crippen LogP contribution >= 0.6 is 0 Å². The summed E-state index contributed by atoms with van der Waals surface area (Å²) in [6.45, 7) is 3.63. The monoisotopic (exact) mass is 366 g/mol. The fourth-order valence-electron chi connectivity index (χ4n) is 2.35. The Labute approximate surface area is 158 Å². The van der Waals surface area contributed by atoms with Gasteiger partial charge in [-0.15, -0.1) is 0 Å². The Balaban J connectivity index is 1.81. The molecule has 1 amide bonds. The van der Waals surface area contributed by atoms with E-state index in [4.69, 9.17) is 14.7 Å². The maximum atomic E-state index is 12.2. The van der Waals surface area contributed by atoms with Crippen LogP contribution in [0.25, 0.3) is 0 Å². The Morgan fingerprint density at radius 2 is 1.81 bits per heavy atom. The van der Waals surface area contributed by atoms with Gasteiger partial charge in [0.25, 0.3) is 5.91 Å². The highest BCUT2D eigenvalue weighted by Crippen LogP contribution is 2.14. The van der Waals surface area contributed by atoms with Crippen molar-refractivity contribution in [2.75, 3.05) is 13.7 Å². The molecule has 6 heteroatoms. The van der Waals surface area contributed by atoms with Crippen molar-refractivity contribution >= 4 is 11.9 Å². The van der Waals surface area contributed by atoms with Gasteiger partial charge in [0, 0.05) is 13.6 Å². The van der Waals surface area contributed by atoms with Crippen molar-refractivity contribution in [3.63, 3.8) is 0 Å². The number of amides is 1. The number of aryl methyl sites for hydroxylation is 1. The Bertz CT molecular complexity index is 840. The summed E-state index contributed by atoms with van der Waals surface area (Å²) in [5.74, 6) is -0.476. The predicted molar refractivity (Wildman–Crippen MR) is 99.9 cm³/mol. The van der Waals surface area contributed by atoms with Crippen LogP contribution in [0.1, 0.15) is 23.6 Å². The Morgan fingerprint density at radius 3 is 2.44 bits per heavy atom. The summed E-state index contributed by atoms with van der Waals surface area (Å²) < 4.78 is 10.5. The minimum absolute atomic E-state index is 0.294. The number of hydrogen-bond acceptors (Lipinski definition) is 5. The van der Waals surface area contributed by atoms with Gasteiger partial charge in [0.05, 0.1) is 11.6 Å². The third-order valence-electron chi connectivity index (χ3n) is 4.06. The van der Waals surface area contributed by atoms with E-state index in [2.05, 4.69) is 0 Å². The first-order chi connectivity index (χ1) is 12.9. The molecule has 2 rings (SSSR count). The number of carbonyl (C=O) groups is 2. The number of likely N-dealkylation sites (N-methyl/N-ethyl adjacent to an activating group) is 1. The lowest BCUT2D eigenvalue weighted by Crippen LogP contribution is -2.34. The van der Waals surface area contributed by atoms with Crippen molar-refractivity contribution in [1.82, 2.24) is 4.90 Å². The highest BCUT2D eigenvalue weighted by Gasteiger charge is 2.19. The first-order valence-corrected chi connectivity index (χ1v) is 8.52. The highest BCUT2D eigenvalue weighted by atomic mass is 16.6. The average Bonchev–Trinajstić information content (AvgIpc) is 2.68. The van der Waals surface area contributed by atoms with Crippen LogP contribution in [0.5, 0.6) is 5.75 Å². The van der Waals surface area contributed by atoms with Gasteiger partial charge in [-0.2, -0.15) is 5.26 Å². The number of rotatable bonds is 7. The van der Waals surface area contributed by atoms with Crippen LogP contribution in [0, 0.1) is 18.3 Å². The van der Waals surface area contributed by atoms with Crippen molar-refractivity contribution in [2.45, 2.75) is 26.5 Å². The molecule has 0 aliphatic carbocycles. The normalized spacial score (nSPS) is 11.2. The van der Waals surface area contributed by atoms with Gasteiger partial charge in [-0.3, -0.25) is 4.79 Å². The molecule has 0 bridgehead atoms. The van der Waals surface area contributed by atoms with E-state index in [0.717, 1.165) is 11.1 Å². The van der Waals surface area contributed by atoms with E-state index >= 15 is 0 Å². The average molecular weight is 366 g/mol. The molecule has 140 valence electrons. The largest absolute Gasteiger partial charge is 0.479 e. The molecule has 6 nitrogen and oxygen atoms in total. The summed E-state index contributed by atoms with van der Waals surface area (Å²) in [5.41, 5.74) is 2.63. The zero-order valence-corrected chi connectivity index (χ0v) is 15.6. The second-order valence-electron chi connectivity index (χ2n) is 6.18. The van der Waals surface area contributed by atoms with E-state index in [9.17, 15) is 9.59 Å². The van der Waals surface area contributed by atoms with Crippen LogP contribution in [0.2, 0.25) is 0 Å². The lowest BCUT2D eigenvalue weighted by molar-refractivity contribution is -0.157. The Hall–Kier alpha value is -3.33. The van der Waals surface area contributed by atoms with E-state index in [1.165, 1.54) is 4.90 Å². The van der Waals surface area contributed by atoms with Crippen molar-refractivity contribution in [1.29, 1.82) is 5.26 Å². The van der Waals surface area contributed by atoms with E-state index in [1.54, 1.807) is 38.2 Å². The molecule has 0 aliphatic rings. The van der Waals surface area contributed by atoms with Crippen LogP contribution in [-0.2, 0) is 20.9 Å². The standard InChI is InChI=1S/C21H22N2O4/c1-15-6-4-5-7-18(15)13-23(3)20(24)14-26-21(25)16(2)27-19-10-8-17(12-22)9-11-19/h4-11,16H,13-14H2,1-3H3/t16-/m1/s1. The lowest BCUT2D eigenvalue weighted by atomic mass is 10.1. The number of esters is 1. The zero-order chi connectivity index (χ0) is 19.8. The van der Waals surface area contributed by atoms with E-state index < -0.39 is 12.1 Å². The first-order valence-electron chi connectivity index (χ1n) is 8.52. The van der Waals surface area contributed by atoms with Crippen LogP contribution in [-0.4, -0.2) is 36.5 Å². The topological polar surface area (TPSA) is 79.6 Å². The molecule has 0 unspecified atom stereocenters. The summed E-state index contributed by atoms with van der Waals surface area (Å²) >= 11 is 0. The molecule has 0 N–H and O–H groups in total. The Kier molecular flexibility index (Phi) is 6.95. The second-order valence-corrected chi connectivity index (χ2v) is 6.18. The van der Waals surface area contributed by atoms with E-state index in [0.29, 0.717) is 17.9 Å². The molecule has 0 saturated carbocycles. The number of nitriles is 1. The van der Waals surface area contributed by atoms with Gasteiger partial charge in [0.2, 0.25) is 0 Å². The number of hydrogen-bond donors (Lipinski definition) is 0. The van der Waals surface area contributed by atoms with Crippen LogP contribution in [0.15, 0.2) is 48.5 Å². The minimum Gasteiger partial charge on any atom is -0.479 e. The molecule has 0 spiro atoms. The molecule has 0 aromatic heterocycles. The quantitative estimate of drug-likeness (QED) is 0.704. The maximum Gasteiger partial charge on any atom is 0.347 e. The predicted octanol–water partition coefficient (Wildman–Crippen LogP) is 2.84. The van der Waals surface area contributed by atoms with Crippen molar-refractivity contribution < 1.29 is 19.1 Å². The minimum atomic E-state index is -0.868. The van der Waals surface area contributed by atoms with E-state index in [-0.39, 0.29) is 12.5 Å². The summed E-state index contributed by atoms with van der Waals surface area (Å²) in [6, 6.07) is 16.2. The smallest absolute Gasteiger partial charge is 0.347 e. The molecule has 0 fully saturated rings. The molecule has 0 heterocycles. The number of carbonyl (C=O) groups excluding carboxylic acids is 2. The third kappa shape index (κ3) is 5.86. The van der Waals surface area contributed by atoms with Gasteiger partial charge in [-0.1, -0.05) is 24.3 Å². The molecular formula is C21H22N2O4. The van der Waals surface area contributed by atoms with Gasteiger partial charge < -0.3 is 14.4 Å². The first kappa shape index (κ1) is 20.0. The van der Waals surface area contributed by atoms with Crippen molar-refractivity contribution in [3.8, 4) is 11.8 Å². The Morgan fingerprint density at radius 1 is 1.15 bits per heavy atom. The molecule has 2 aromatic carbocycles. The maximum absolute atomic E-state index is 12.2. The number of benzene rings is 2. The molecule has 0 saturated heterocycles. The fraction of sp³-hybridized carbons (Fsp3) is 0.286. The highest BCUT2D eigenvalue weighted by molar-refractivity contribution is 5.82. The van der Waals surface area contributed by atoms with Gasteiger partial charge in [-0.05, 0) is 49.2 Å². The molecule has 0 radical (unpaired) electrons. The van der Waals surface area contributed by atoms with Crippen LogP contribution in [0.3, 0.4) is 0 Å². The van der Waals surface area contributed by atoms with Crippen LogP contribution in [0.4, 0.5) is 0 Å². The van der Waals surface area contributed by atoms with Crippen molar-refractivity contribution in [3.05, 3.63) is 65.2 Å². The molecule has 1 atom stereocenters. The molecule has 0 aliphatic heterocycles. The molecular weight excluding hydrogens is 344 g/mol. The summed E-state index contributed by atoms with van der Waals surface area (Å²) in [6.07, 6.45) is -0.868. The van der Waals surface area contributed by atoms with Crippen molar-refractivity contribution in [2.24, 2.45) is 0 Å². The summed E-state index contributed by atoms with van der Waals surface area (Å²) in [7, 11) is 1.67. The molecule has 2 aromatic rings. The summed E-state index contributed by atoms with van der Waals surface area (Å²) in [4.78, 5) is 25.7. The zero-order valence-electron chi connectivity index (χ0n) is 15.6. The number of ether oxygens (including phenoxy) is 2. The second kappa shape index (κ2) is 9.39. The lowest BCUT2D eigenvalue weighted by Gasteiger charge is -2.19. The summed E-state index contributed by atoms with van der Waals surface area (Å²) in [5, 5.41) is 8.77. The fourth-order valence-corrected chi connectivity index (χ4v) is 2.35. The van der Waals surface area contributed by atoms with Gasteiger partial charge in [0.1, 0.15) is 5.75 Å². The molecule has 27 heavy (non-hydrogen) atoms. The SMILES string of the molecule is Cc1ccccc1CN(C)C(=O)COC(=O)[C@@H](C)Oc1ccc(C#N)cc1.